The van der Waals surface area contributed by atoms with E-state index in [1.54, 1.807) is 51.1 Å². The van der Waals surface area contributed by atoms with E-state index in [9.17, 15) is 14.4 Å². The number of thiophene rings is 1. The van der Waals surface area contributed by atoms with E-state index in [1.165, 1.54) is 0 Å². The molecule has 0 aliphatic carbocycles. The molecular formula is C19H19N2O5SSe. The number of ether oxygens (including phenoxy) is 2. The third kappa shape index (κ3) is 5.28. The second-order valence-electron chi connectivity index (χ2n) is 5.41. The van der Waals surface area contributed by atoms with Crippen LogP contribution >= 0.6 is 11.3 Å². The molecular weight excluding hydrogens is 447 g/mol. The van der Waals surface area contributed by atoms with Crippen LogP contribution in [0.25, 0.3) is 0 Å². The van der Waals surface area contributed by atoms with Crippen LogP contribution in [0, 0.1) is 6.92 Å². The topological polar surface area (TPSA) is 94.1 Å². The van der Waals surface area contributed by atoms with Crippen molar-refractivity contribution in [2.75, 3.05) is 13.2 Å². The van der Waals surface area contributed by atoms with Crippen molar-refractivity contribution in [3.05, 3.63) is 51.9 Å². The van der Waals surface area contributed by atoms with Crippen LogP contribution in [0.2, 0.25) is 0 Å². The summed E-state index contributed by atoms with van der Waals surface area (Å²) < 4.78 is 10.3. The van der Waals surface area contributed by atoms with Crippen LogP contribution in [0.4, 0.5) is 5.00 Å². The molecule has 7 nitrogen and oxygen atoms in total. The van der Waals surface area contributed by atoms with Crippen molar-refractivity contribution in [3.63, 3.8) is 0 Å². The fourth-order valence-corrected chi connectivity index (χ4v) is 3.87. The van der Waals surface area contributed by atoms with E-state index in [1.807, 2.05) is 0 Å². The summed E-state index contributed by atoms with van der Waals surface area (Å²) in [6, 6.07) is 8.64. The van der Waals surface area contributed by atoms with E-state index < -0.39 is 11.9 Å². The number of nitrogens with zero attached hydrogens (tertiary/aromatic N) is 1. The van der Waals surface area contributed by atoms with Crippen molar-refractivity contribution < 1.29 is 23.9 Å². The zero-order valence-electron chi connectivity index (χ0n) is 15.6. The first-order chi connectivity index (χ1) is 13.4. The molecule has 147 valence electrons. The molecule has 2 rings (SSSR count). The fourth-order valence-electron chi connectivity index (χ4n) is 2.29. The van der Waals surface area contributed by atoms with E-state index in [0.717, 1.165) is 11.3 Å². The molecule has 0 spiro atoms. The van der Waals surface area contributed by atoms with Gasteiger partial charge in [-0.2, -0.15) is 0 Å². The molecule has 1 aromatic heterocycles. The number of benzene rings is 1. The molecule has 9 heteroatoms. The van der Waals surface area contributed by atoms with Crippen molar-refractivity contribution in [1.29, 1.82) is 0 Å². The van der Waals surface area contributed by atoms with Crippen LogP contribution in [0.1, 0.15) is 49.8 Å². The standard InChI is InChI=1S/C19H19N2O5SSe/c1-4-25-17(23)13-11(3)14(18(24)26-5-2)27-16(13)21-19(28)20-15(22)12-9-7-6-8-10-12/h6-10H,4-5H2,1-3H3,(H,20,21,22). The summed E-state index contributed by atoms with van der Waals surface area (Å²) in [5.41, 5.74) is 1.07. The number of carbonyl (C=O) groups excluding carboxylic acids is 3. The van der Waals surface area contributed by atoms with Gasteiger partial charge >= 0.3 is 175 Å². The predicted octanol–water partition coefficient (Wildman–Crippen LogP) is 3.00. The van der Waals surface area contributed by atoms with Gasteiger partial charge in [-0.1, -0.05) is 0 Å². The monoisotopic (exact) mass is 467 g/mol. The normalized spacial score (nSPS) is 11.0. The second kappa shape index (κ2) is 10.2. The zero-order valence-corrected chi connectivity index (χ0v) is 18.1. The Morgan fingerprint density at radius 2 is 1.68 bits per heavy atom. The number of hydrogen-bond donors (Lipinski definition) is 1. The molecule has 1 heterocycles. The van der Waals surface area contributed by atoms with Crippen LogP contribution in [-0.2, 0) is 9.47 Å². The van der Waals surface area contributed by atoms with Crippen molar-refractivity contribution in [2.45, 2.75) is 20.8 Å². The molecule has 0 bridgehead atoms. The van der Waals surface area contributed by atoms with Crippen molar-refractivity contribution >= 4 is 54.9 Å². The Labute approximate surface area is 175 Å². The number of hydrogen-bond acceptors (Lipinski definition) is 7. The Kier molecular flexibility index (Phi) is 7.92. The van der Waals surface area contributed by atoms with Crippen LogP contribution in [0.3, 0.4) is 0 Å². The molecule has 0 saturated heterocycles. The SMILES string of the molecule is CCOC(=O)c1sc(/N=C(\[Se])NC(=O)c2ccccc2)c(C(=O)OCC)c1C. The summed E-state index contributed by atoms with van der Waals surface area (Å²) in [4.78, 5) is 41.4. The Hall–Kier alpha value is -2.48. The molecule has 1 aromatic carbocycles. The molecule has 0 fully saturated rings. The van der Waals surface area contributed by atoms with Gasteiger partial charge in [0, 0.05) is 0 Å². The number of aliphatic imine (C=N–C) groups is 1. The first kappa shape index (κ1) is 21.8. The summed E-state index contributed by atoms with van der Waals surface area (Å²) >= 11 is 3.67. The third-order valence-electron chi connectivity index (χ3n) is 3.53. The fraction of sp³-hybridized carbons (Fsp3) is 0.263. The van der Waals surface area contributed by atoms with Crippen molar-refractivity contribution in [1.82, 2.24) is 5.32 Å². The molecule has 0 atom stereocenters. The molecule has 0 unspecified atom stereocenters. The van der Waals surface area contributed by atoms with E-state index in [4.69, 9.17) is 9.47 Å². The molecule has 1 radical (unpaired) electrons. The summed E-state index contributed by atoms with van der Waals surface area (Å²) in [5, 5.41) is 2.87. The summed E-state index contributed by atoms with van der Waals surface area (Å²) in [7, 11) is 0. The summed E-state index contributed by atoms with van der Waals surface area (Å²) in [5.74, 6) is -1.48. The molecule has 1 N–H and O–H groups in total. The first-order valence-electron chi connectivity index (χ1n) is 8.48. The maximum absolute atomic E-state index is 12.4. The summed E-state index contributed by atoms with van der Waals surface area (Å²) in [6.45, 7) is 5.42. The van der Waals surface area contributed by atoms with Crippen LogP contribution in [0.15, 0.2) is 35.3 Å². The van der Waals surface area contributed by atoms with Gasteiger partial charge in [-0.3, -0.25) is 0 Å². The minimum atomic E-state index is -0.590. The Bertz CT molecular complexity index is 909. The zero-order chi connectivity index (χ0) is 20.7. The van der Waals surface area contributed by atoms with Crippen molar-refractivity contribution in [3.8, 4) is 0 Å². The van der Waals surface area contributed by atoms with Gasteiger partial charge in [0.05, 0.1) is 0 Å². The maximum atomic E-state index is 12.4. The van der Waals surface area contributed by atoms with Gasteiger partial charge in [0.15, 0.2) is 0 Å². The second-order valence-corrected chi connectivity index (χ2v) is 7.22. The van der Waals surface area contributed by atoms with Crippen LogP contribution in [0.5, 0.6) is 0 Å². The molecule has 0 aliphatic heterocycles. The van der Waals surface area contributed by atoms with E-state index >= 15 is 0 Å². The van der Waals surface area contributed by atoms with Gasteiger partial charge in [-0.15, -0.1) is 0 Å². The number of rotatable bonds is 6. The quantitative estimate of drug-likeness (QED) is 0.306. The summed E-state index contributed by atoms with van der Waals surface area (Å²) in [6.07, 6.45) is 0. The Balaban J connectivity index is 2.37. The van der Waals surface area contributed by atoms with E-state index in [-0.39, 0.29) is 39.3 Å². The average molecular weight is 466 g/mol. The third-order valence-corrected chi connectivity index (χ3v) is 5.10. The van der Waals surface area contributed by atoms with Gasteiger partial charge in [-0.05, 0) is 0 Å². The Morgan fingerprint density at radius 3 is 2.29 bits per heavy atom. The average Bonchev–Trinajstić information content (AvgIpc) is 2.98. The predicted molar refractivity (Wildman–Crippen MR) is 108 cm³/mol. The molecule has 28 heavy (non-hydrogen) atoms. The molecule has 0 saturated carbocycles. The van der Waals surface area contributed by atoms with Crippen LogP contribution < -0.4 is 5.32 Å². The van der Waals surface area contributed by atoms with E-state index in [2.05, 4.69) is 26.3 Å². The number of nitrogens with one attached hydrogen (secondary N) is 1. The number of esters is 2. The van der Waals surface area contributed by atoms with Gasteiger partial charge < -0.3 is 0 Å². The van der Waals surface area contributed by atoms with Gasteiger partial charge in [0.1, 0.15) is 0 Å². The van der Waals surface area contributed by atoms with Gasteiger partial charge in [-0.25, -0.2) is 0 Å². The Morgan fingerprint density at radius 1 is 1.07 bits per heavy atom. The van der Waals surface area contributed by atoms with Crippen LogP contribution in [-0.4, -0.2) is 51.8 Å². The molecule has 2 aromatic rings. The molecule has 0 aliphatic rings. The van der Waals surface area contributed by atoms with Gasteiger partial charge in [0.25, 0.3) is 0 Å². The minimum absolute atomic E-state index is 0.163. The first-order valence-corrected chi connectivity index (χ1v) is 10.2. The number of amides is 1. The molecule has 1 amide bonds. The van der Waals surface area contributed by atoms with Gasteiger partial charge in [0.2, 0.25) is 0 Å². The van der Waals surface area contributed by atoms with E-state index in [0.29, 0.717) is 11.1 Å². The van der Waals surface area contributed by atoms with Crippen molar-refractivity contribution in [2.24, 2.45) is 4.99 Å². The number of carbonyl (C=O) groups is 3. The number of amidine groups is 1.